The highest BCUT2D eigenvalue weighted by Gasteiger charge is 2.08. The Hall–Kier alpha value is -2.29. The average Bonchev–Trinajstić information content (AvgIpc) is 3.13. The van der Waals surface area contributed by atoms with Gasteiger partial charge in [0.15, 0.2) is 0 Å². The summed E-state index contributed by atoms with van der Waals surface area (Å²) in [5.74, 6) is 1.60. The molecule has 8 heteroatoms. The van der Waals surface area contributed by atoms with E-state index in [-0.39, 0.29) is 6.61 Å². The van der Waals surface area contributed by atoms with Crippen LogP contribution in [-0.4, -0.2) is 56.7 Å². The molecule has 0 saturated carbocycles. The van der Waals surface area contributed by atoms with E-state index in [4.69, 9.17) is 14.2 Å². The molecule has 0 saturated heterocycles. The highest BCUT2D eigenvalue weighted by atomic mass is 32.1. The second-order valence-electron chi connectivity index (χ2n) is 5.59. The fourth-order valence-corrected chi connectivity index (χ4v) is 3.37. The van der Waals surface area contributed by atoms with E-state index in [1.165, 1.54) is 0 Å². The van der Waals surface area contributed by atoms with Crippen LogP contribution in [0.5, 0.6) is 5.75 Å². The van der Waals surface area contributed by atoms with Crippen molar-refractivity contribution in [2.45, 2.75) is 0 Å². The molecule has 0 amide bonds. The first-order chi connectivity index (χ1) is 13.3. The lowest BCUT2D eigenvalue weighted by Crippen LogP contribution is -2.11. The lowest BCUT2D eigenvalue weighted by Gasteiger charge is -2.07. The monoisotopic (exact) mass is 390 g/mol. The Balaban J connectivity index is 1.52. The van der Waals surface area contributed by atoms with Crippen molar-refractivity contribution in [3.8, 4) is 16.3 Å². The average molecular weight is 390 g/mol. The smallest absolute Gasteiger partial charge is 0.126 e. The predicted molar refractivity (Wildman–Crippen MR) is 106 cm³/mol. The van der Waals surface area contributed by atoms with Crippen LogP contribution < -0.4 is 10.1 Å². The van der Waals surface area contributed by atoms with Crippen molar-refractivity contribution in [1.29, 1.82) is 0 Å². The summed E-state index contributed by atoms with van der Waals surface area (Å²) in [7, 11) is 1.84. The van der Waals surface area contributed by atoms with Crippen molar-refractivity contribution in [2.24, 2.45) is 0 Å². The SMILES string of the molecule is CNc1ccc(-c2nc3ccc(OCCOCCOCC[18F])cc3s2)cn1. The van der Waals surface area contributed by atoms with E-state index >= 15 is 0 Å². The molecule has 0 radical (unpaired) electrons. The molecule has 0 bridgehead atoms. The molecule has 0 aliphatic heterocycles. The summed E-state index contributed by atoms with van der Waals surface area (Å²) in [5.41, 5.74) is 1.92. The van der Waals surface area contributed by atoms with Crippen LogP contribution in [-0.2, 0) is 9.47 Å². The van der Waals surface area contributed by atoms with Gasteiger partial charge in [-0.3, -0.25) is 0 Å². The van der Waals surface area contributed by atoms with E-state index in [9.17, 15) is 4.39 Å². The molecule has 27 heavy (non-hydrogen) atoms. The molecular formula is C19H22FN3O3S. The maximum absolute atomic E-state index is 11.9. The molecule has 2 heterocycles. The number of rotatable bonds is 11. The van der Waals surface area contributed by atoms with Crippen LogP contribution >= 0.6 is 11.3 Å². The fourth-order valence-electron chi connectivity index (χ4n) is 2.38. The second kappa shape index (κ2) is 10.1. The summed E-state index contributed by atoms with van der Waals surface area (Å²) >= 11 is 1.60. The van der Waals surface area contributed by atoms with Crippen LogP contribution in [0, 0.1) is 0 Å². The van der Waals surface area contributed by atoms with Crippen molar-refractivity contribution in [2.75, 3.05) is 52.1 Å². The van der Waals surface area contributed by atoms with Gasteiger partial charge in [0, 0.05) is 18.8 Å². The number of aromatic nitrogens is 2. The maximum Gasteiger partial charge on any atom is 0.126 e. The van der Waals surface area contributed by atoms with Gasteiger partial charge >= 0.3 is 0 Å². The van der Waals surface area contributed by atoms with E-state index in [1.54, 1.807) is 11.3 Å². The zero-order valence-corrected chi connectivity index (χ0v) is 15.9. The number of anilines is 1. The summed E-state index contributed by atoms with van der Waals surface area (Å²) in [6.45, 7) is 1.36. The largest absolute Gasteiger partial charge is 0.491 e. The number of pyridine rings is 1. The van der Waals surface area contributed by atoms with E-state index in [1.807, 2.05) is 43.6 Å². The van der Waals surface area contributed by atoms with Crippen LogP contribution in [0.2, 0.25) is 0 Å². The first-order valence-electron chi connectivity index (χ1n) is 8.69. The van der Waals surface area contributed by atoms with Crippen LogP contribution in [0.15, 0.2) is 36.5 Å². The van der Waals surface area contributed by atoms with Gasteiger partial charge in [0.2, 0.25) is 0 Å². The summed E-state index contributed by atoms with van der Waals surface area (Å²) in [5, 5.41) is 3.93. The molecule has 2 aromatic heterocycles. The van der Waals surface area contributed by atoms with Crippen molar-refractivity contribution in [1.82, 2.24) is 9.97 Å². The van der Waals surface area contributed by atoms with Crippen LogP contribution in [0.1, 0.15) is 0 Å². The van der Waals surface area contributed by atoms with Gasteiger partial charge in [0.25, 0.3) is 0 Å². The first-order valence-corrected chi connectivity index (χ1v) is 9.51. The number of benzene rings is 1. The molecule has 0 unspecified atom stereocenters. The van der Waals surface area contributed by atoms with Gasteiger partial charge in [-0.05, 0) is 30.3 Å². The third kappa shape index (κ3) is 5.59. The second-order valence-corrected chi connectivity index (χ2v) is 6.62. The number of alkyl halides is 1. The van der Waals surface area contributed by atoms with E-state index < -0.39 is 6.67 Å². The number of hydrogen-bond donors (Lipinski definition) is 1. The van der Waals surface area contributed by atoms with Crippen molar-refractivity contribution < 1.29 is 18.6 Å². The lowest BCUT2D eigenvalue weighted by atomic mass is 10.3. The van der Waals surface area contributed by atoms with Crippen molar-refractivity contribution >= 4 is 27.4 Å². The Morgan fingerprint density at radius 1 is 1.04 bits per heavy atom. The van der Waals surface area contributed by atoms with E-state index in [0.717, 1.165) is 32.4 Å². The van der Waals surface area contributed by atoms with E-state index in [0.29, 0.717) is 26.4 Å². The van der Waals surface area contributed by atoms with Crippen LogP contribution in [0.4, 0.5) is 10.2 Å². The Morgan fingerprint density at radius 3 is 2.59 bits per heavy atom. The molecule has 0 spiro atoms. The lowest BCUT2D eigenvalue weighted by molar-refractivity contribution is 0.0325. The molecular weight excluding hydrogens is 368 g/mol. The van der Waals surface area contributed by atoms with Gasteiger partial charge in [-0.1, -0.05) is 0 Å². The Kier molecular flexibility index (Phi) is 7.32. The molecule has 1 aromatic carbocycles. The normalized spacial score (nSPS) is 11.0. The summed E-state index contributed by atoms with van der Waals surface area (Å²) < 4.78 is 29.0. The topological polar surface area (TPSA) is 65.5 Å². The Bertz CT molecular complexity index is 842. The highest BCUT2D eigenvalue weighted by molar-refractivity contribution is 7.21. The molecule has 6 nitrogen and oxygen atoms in total. The van der Waals surface area contributed by atoms with Crippen molar-refractivity contribution in [3.05, 3.63) is 36.5 Å². The Morgan fingerprint density at radius 2 is 1.85 bits per heavy atom. The zero-order chi connectivity index (χ0) is 18.9. The summed E-state index contributed by atoms with van der Waals surface area (Å²) in [6, 6.07) is 9.77. The minimum Gasteiger partial charge on any atom is -0.491 e. The number of fused-ring (bicyclic) bond motifs is 1. The maximum atomic E-state index is 11.9. The fraction of sp³-hybridized carbons (Fsp3) is 0.368. The van der Waals surface area contributed by atoms with Crippen molar-refractivity contribution in [3.63, 3.8) is 0 Å². The van der Waals surface area contributed by atoms with Crippen LogP contribution in [0.25, 0.3) is 20.8 Å². The summed E-state index contributed by atoms with van der Waals surface area (Å²) in [6.07, 6.45) is 1.82. The van der Waals surface area contributed by atoms with Gasteiger partial charge in [-0.2, -0.15) is 0 Å². The Labute approximate surface area is 161 Å². The number of ether oxygens (including phenoxy) is 3. The number of halogens is 1. The number of nitrogens with one attached hydrogen (secondary N) is 1. The van der Waals surface area contributed by atoms with Gasteiger partial charge in [0.05, 0.1) is 36.6 Å². The number of thiazole rings is 1. The minimum atomic E-state index is -0.470. The van der Waals surface area contributed by atoms with Gasteiger partial charge in [-0.15, -0.1) is 11.3 Å². The van der Waals surface area contributed by atoms with Gasteiger partial charge < -0.3 is 19.5 Å². The quantitative estimate of drug-likeness (QED) is 0.503. The molecule has 3 aromatic rings. The molecule has 144 valence electrons. The molecule has 0 atom stereocenters. The molecule has 0 aliphatic rings. The molecule has 0 aliphatic carbocycles. The zero-order valence-electron chi connectivity index (χ0n) is 15.1. The first kappa shape index (κ1) is 19.5. The standard InChI is InChI=1S/C19H22FN3O3S/c1-21-18-5-2-14(13-22-18)19-23-16-4-3-15(12-17(16)27-19)26-11-10-25-9-8-24-7-6-20/h2-5,12-13H,6-11H2,1H3,(H,21,22)/i20-1. The van der Waals surface area contributed by atoms with Gasteiger partial charge in [0.1, 0.15) is 29.9 Å². The number of hydrogen-bond acceptors (Lipinski definition) is 7. The van der Waals surface area contributed by atoms with E-state index in [2.05, 4.69) is 15.3 Å². The predicted octanol–water partition coefficient (Wildman–Crippen LogP) is 3.78. The highest BCUT2D eigenvalue weighted by Crippen LogP contribution is 2.32. The van der Waals surface area contributed by atoms with Gasteiger partial charge in [-0.25, -0.2) is 14.4 Å². The number of nitrogens with zero attached hydrogens (tertiary/aromatic N) is 2. The minimum absolute atomic E-state index is 0.117. The molecule has 0 fully saturated rings. The summed E-state index contributed by atoms with van der Waals surface area (Å²) in [4.78, 5) is 8.99. The third-order valence-electron chi connectivity index (χ3n) is 3.72. The molecule has 3 rings (SSSR count). The van der Waals surface area contributed by atoms with Crippen LogP contribution in [0.3, 0.4) is 0 Å². The third-order valence-corrected chi connectivity index (χ3v) is 4.78. The molecule has 1 N–H and O–H groups in total.